The third-order valence-electron chi connectivity index (χ3n) is 2.98. The molecule has 5 nitrogen and oxygen atoms in total. The number of aliphatic carboxylic acids is 1. The number of hydrogen-bond acceptors (Lipinski definition) is 2. The molecule has 1 aliphatic rings. The molecule has 86 valence electrons. The van der Waals surface area contributed by atoms with Gasteiger partial charge in [0, 0.05) is 13.6 Å². The highest BCUT2D eigenvalue weighted by Crippen LogP contribution is 2.35. The molecule has 1 unspecified atom stereocenters. The average molecular weight is 214 g/mol. The van der Waals surface area contributed by atoms with Gasteiger partial charge in [-0.3, -0.25) is 0 Å². The van der Waals surface area contributed by atoms with Gasteiger partial charge in [0.05, 0.1) is 0 Å². The summed E-state index contributed by atoms with van der Waals surface area (Å²) in [6.45, 7) is 4.29. The van der Waals surface area contributed by atoms with Crippen LogP contribution in [0.2, 0.25) is 0 Å². The van der Waals surface area contributed by atoms with E-state index in [4.69, 9.17) is 5.11 Å². The molecule has 0 aromatic rings. The summed E-state index contributed by atoms with van der Waals surface area (Å²) in [6.07, 6.45) is 1.68. The maximum absolute atomic E-state index is 11.5. The predicted molar refractivity (Wildman–Crippen MR) is 55.6 cm³/mol. The second-order valence-corrected chi connectivity index (χ2v) is 4.58. The van der Waals surface area contributed by atoms with Crippen LogP contribution in [0.1, 0.15) is 26.7 Å². The van der Waals surface area contributed by atoms with Gasteiger partial charge in [-0.15, -0.1) is 0 Å². The van der Waals surface area contributed by atoms with Crippen LogP contribution in [-0.4, -0.2) is 41.6 Å². The minimum absolute atomic E-state index is 0.310. The van der Waals surface area contributed by atoms with Crippen molar-refractivity contribution in [3.63, 3.8) is 0 Å². The smallest absolute Gasteiger partial charge is 0.327 e. The van der Waals surface area contributed by atoms with Crippen LogP contribution in [-0.2, 0) is 4.79 Å². The zero-order valence-electron chi connectivity index (χ0n) is 9.41. The summed E-state index contributed by atoms with van der Waals surface area (Å²) in [6, 6.07) is -1.04. The highest BCUT2D eigenvalue weighted by molar-refractivity contribution is 5.83. The van der Waals surface area contributed by atoms with Crippen molar-refractivity contribution < 1.29 is 14.7 Å². The number of carboxylic acid groups (broad SMARTS) is 1. The van der Waals surface area contributed by atoms with Crippen LogP contribution in [0, 0.1) is 5.41 Å². The highest BCUT2D eigenvalue weighted by Gasteiger charge is 2.44. The van der Waals surface area contributed by atoms with E-state index in [1.165, 1.54) is 11.9 Å². The van der Waals surface area contributed by atoms with Crippen molar-refractivity contribution in [1.82, 2.24) is 10.2 Å². The quantitative estimate of drug-likeness (QED) is 0.681. The molecule has 0 radical (unpaired) electrons. The highest BCUT2D eigenvalue weighted by atomic mass is 16.4. The lowest BCUT2D eigenvalue weighted by Gasteiger charge is -2.43. The number of urea groups is 1. The first-order valence-electron chi connectivity index (χ1n) is 5.11. The summed E-state index contributed by atoms with van der Waals surface area (Å²) in [7, 11) is 1.52. The average Bonchev–Trinajstić information content (AvgIpc) is 2.14. The monoisotopic (exact) mass is 214 g/mol. The molecular formula is C10H18N2O3. The maximum Gasteiger partial charge on any atom is 0.327 e. The Kier molecular flexibility index (Phi) is 3.21. The van der Waals surface area contributed by atoms with Crippen LogP contribution in [0.15, 0.2) is 0 Å². The number of nitrogens with one attached hydrogen (secondary N) is 1. The lowest BCUT2D eigenvalue weighted by Crippen LogP contribution is -2.58. The Labute approximate surface area is 89.4 Å². The maximum atomic E-state index is 11.5. The van der Waals surface area contributed by atoms with Crippen LogP contribution < -0.4 is 5.32 Å². The number of piperidine rings is 1. The van der Waals surface area contributed by atoms with Crippen LogP contribution >= 0.6 is 0 Å². The zero-order chi connectivity index (χ0) is 11.6. The Balaban J connectivity index is 2.94. The first-order chi connectivity index (χ1) is 6.90. The van der Waals surface area contributed by atoms with Gasteiger partial charge in [-0.25, -0.2) is 9.59 Å². The van der Waals surface area contributed by atoms with E-state index in [2.05, 4.69) is 5.32 Å². The van der Waals surface area contributed by atoms with Gasteiger partial charge in [0.25, 0.3) is 0 Å². The fourth-order valence-electron chi connectivity index (χ4n) is 2.22. The molecule has 0 spiro atoms. The molecule has 1 aliphatic heterocycles. The summed E-state index contributed by atoms with van der Waals surface area (Å²) in [5.74, 6) is -0.927. The third kappa shape index (κ3) is 2.22. The summed E-state index contributed by atoms with van der Waals surface area (Å²) in [4.78, 5) is 24.1. The van der Waals surface area contributed by atoms with Gasteiger partial charge in [0.2, 0.25) is 0 Å². The molecule has 2 amide bonds. The Morgan fingerprint density at radius 1 is 1.47 bits per heavy atom. The number of carbonyl (C=O) groups is 2. The fourth-order valence-corrected chi connectivity index (χ4v) is 2.22. The largest absolute Gasteiger partial charge is 0.480 e. The number of nitrogens with zero attached hydrogens (tertiary/aromatic N) is 1. The number of amides is 2. The lowest BCUT2D eigenvalue weighted by atomic mass is 9.76. The van der Waals surface area contributed by atoms with Gasteiger partial charge in [-0.05, 0) is 18.3 Å². The number of carboxylic acids is 1. The van der Waals surface area contributed by atoms with E-state index in [0.29, 0.717) is 6.54 Å². The normalized spacial score (nSPS) is 24.7. The van der Waals surface area contributed by atoms with Gasteiger partial charge in [0.1, 0.15) is 6.04 Å². The Morgan fingerprint density at radius 2 is 2.07 bits per heavy atom. The summed E-state index contributed by atoms with van der Waals surface area (Å²) in [5, 5.41) is 11.6. The minimum atomic E-state index is -0.927. The molecule has 0 aromatic carbocycles. The number of rotatable bonds is 1. The fraction of sp³-hybridized carbons (Fsp3) is 0.800. The zero-order valence-corrected chi connectivity index (χ0v) is 9.41. The molecule has 15 heavy (non-hydrogen) atoms. The van der Waals surface area contributed by atoms with E-state index in [1.54, 1.807) is 0 Å². The van der Waals surface area contributed by atoms with Gasteiger partial charge in [-0.2, -0.15) is 0 Å². The van der Waals surface area contributed by atoms with E-state index >= 15 is 0 Å². The Morgan fingerprint density at radius 3 is 2.53 bits per heavy atom. The van der Waals surface area contributed by atoms with Crippen LogP contribution in [0.25, 0.3) is 0 Å². The van der Waals surface area contributed by atoms with Crippen molar-refractivity contribution in [2.75, 3.05) is 13.6 Å². The molecule has 0 saturated carbocycles. The number of carbonyl (C=O) groups excluding carboxylic acids is 1. The van der Waals surface area contributed by atoms with Crippen molar-refractivity contribution in [3.8, 4) is 0 Å². The van der Waals surface area contributed by atoms with E-state index in [-0.39, 0.29) is 11.4 Å². The van der Waals surface area contributed by atoms with Crippen LogP contribution in [0.3, 0.4) is 0 Å². The SMILES string of the molecule is CNC(=O)N1CCCC(C)(C)C1C(=O)O. The molecule has 1 atom stereocenters. The molecule has 1 heterocycles. The summed E-state index contributed by atoms with van der Waals surface area (Å²) in [5.41, 5.74) is -0.364. The second-order valence-electron chi connectivity index (χ2n) is 4.58. The lowest BCUT2D eigenvalue weighted by molar-refractivity contribution is -0.148. The standard InChI is InChI=1S/C10H18N2O3/c1-10(2)5-4-6-12(9(15)11-3)7(10)8(13)14/h7H,4-6H2,1-3H3,(H,11,15)(H,13,14). The van der Waals surface area contributed by atoms with Crippen molar-refractivity contribution >= 4 is 12.0 Å². The van der Waals surface area contributed by atoms with E-state index in [0.717, 1.165) is 12.8 Å². The van der Waals surface area contributed by atoms with E-state index in [9.17, 15) is 9.59 Å². The van der Waals surface area contributed by atoms with Crippen molar-refractivity contribution in [1.29, 1.82) is 0 Å². The molecule has 1 rings (SSSR count). The van der Waals surface area contributed by atoms with Crippen molar-refractivity contribution in [2.24, 2.45) is 5.41 Å². The first-order valence-corrected chi connectivity index (χ1v) is 5.11. The number of hydrogen-bond donors (Lipinski definition) is 2. The van der Waals surface area contributed by atoms with Gasteiger partial charge < -0.3 is 15.3 Å². The molecule has 0 aliphatic carbocycles. The molecule has 2 N–H and O–H groups in total. The van der Waals surface area contributed by atoms with E-state index in [1.807, 2.05) is 13.8 Å². The van der Waals surface area contributed by atoms with Gasteiger partial charge >= 0.3 is 12.0 Å². The topological polar surface area (TPSA) is 69.6 Å². The summed E-state index contributed by atoms with van der Waals surface area (Å²) < 4.78 is 0. The molecule has 1 fully saturated rings. The minimum Gasteiger partial charge on any atom is -0.480 e. The third-order valence-corrected chi connectivity index (χ3v) is 2.98. The van der Waals surface area contributed by atoms with Gasteiger partial charge in [0.15, 0.2) is 0 Å². The molecule has 1 saturated heterocycles. The van der Waals surface area contributed by atoms with Crippen molar-refractivity contribution in [2.45, 2.75) is 32.7 Å². The Bertz CT molecular complexity index is 276. The first kappa shape index (κ1) is 11.8. The van der Waals surface area contributed by atoms with E-state index < -0.39 is 12.0 Å². The molecular weight excluding hydrogens is 196 g/mol. The van der Waals surface area contributed by atoms with Gasteiger partial charge in [-0.1, -0.05) is 13.8 Å². The van der Waals surface area contributed by atoms with Crippen LogP contribution in [0.4, 0.5) is 4.79 Å². The number of likely N-dealkylation sites (tertiary alicyclic amines) is 1. The summed E-state index contributed by atoms with van der Waals surface area (Å²) >= 11 is 0. The Hall–Kier alpha value is -1.26. The van der Waals surface area contributed by atoms with Crippen LogP contribution in [0.5, 0.6) is 0 Å². The van der Waals surface area contributed by atoms with Crippen molar-refractivity contribution in [3.05, 3.63) is 0 Å². The molecule has 5 heteroatoms. The second kappa shape index (κ2) is 4.08. The molecule has 0 aromatic heterocycles. The molecule has 0 bridgehead atoms. The predicted octanol–water partition coefficient (Wildman–Crippen LogP) is 0.901.